The van der Waals surface area contributed by atoms with Crippen molar-refractivity contribution in [2.75, 3.05) is 17.6 Å². The van der Waals surface area contributed by atoms with Crippen LogP contribution in [0.2, 0.25) is 0 Å². The molecule has 0 radical (unpaired) electrons. The van der Waals surface area contributed by atoms with Gasteiger partial charge in [0.1, 0.15) is 17.5 Å². The Morgan fingerprint density at radius 3 is 2.58 bits per heavy atom. The third kappa shape index (κ3) is 3.85. The molecule has 1 heterocycles. The average molecular weight is 329 g/mol. The van der Waals surface area contributed by atoms with E-state index in [1.807, 2.05) is 0 Å². The van der Waals surface area contributed by atoms with Gasteiger partial charge >= 0.3 is 0 Å². The molecule has 2 aromatic rings. The summed E-state index contributed by atoms with van der Waals surface area (Å²) in [5.41, 5.74) is 6.04. The van der Waals surface area contributed by atoms with Crippen LogP contribution in [0.5, 0.6) is 0 Å². The van der Waals surface area contributed by atoms with Gasteiger partial charge in [-0.15, -0.1) is 0 Å². The molecule has 7 heteroatoms. The monoisotopic (exact) mass is 328 g/mol. The van der Waals surface area contributed by atoms with Crippen molar-refractivity contribution in [3.8, 4) is 0 Å². The molecule has 0 bridgehead atoms. The van der Waals surface area contributed by atoms with Crippen LogP contribution < -0.4 is 11.1 Å². The number of nitrogens with zero attached hydrogens (tertiary/aromatic N) is 2. The predicted octanol–water partition coefficient (Wildman–Crippen LogP) is 2.75. The SMILES string of the molecule is Nc1ncc(Br)c(NCCc2cc(F)cc(F)c2)n1. The summed E-state index contributed by atoms with van der Waals surface area (Å²) in [6, 6.07) is 3.45. The van der Waals surface area contributed by atoms with E-state index in [2.05, 4.69) is 31.2 Å². The molecular formula is C12H11BrF2N4. The van der Waals surface area contributed by atoms with Gasteiger partial charge in [0.15, 0.2) is 0 Å². The second-order valence-corrected chi connectivity index (χ2v) is 4.73. The summed E-state index contributed by atoms with van der Waals surface area (Å²) >= 11 is 3.28. The molecule has 0 saturated heterocycles. The quantitative estimate of drug-likeness (QED) is 0.905. The molecule has 19 heavy (non-hydrogen) atoms. The van der Waals surface area contributed by atoms with Crippen molar-refractivity contribution in [2.24, 2.45) is 0 Å². The van der Waals surface area contributed by atoms with E-state index in [9.17, 15) is 8.78 Å². The first-order valence-corrected chi connectivity index (χ1v) is 6.31. The zero-order valence-corrected chi connectivity index (χ0v) is 11.4. The molecule has 0 unspecified atom stereocenters. The lowest BCUT2D eigenvalue weighted by molar-refractivity contribution is 0.580. The normalized spacial score (nSPS) is 10.5. The third-order valence-corrected chi connectivity index (χ3v) is 2.97. The fraction of sp³-hybridized carbons (Fsp3) is 0.167. The van der Waals surface area contributed by atoms with Gasteiger partial charge in [-0.2, -0.15) is 4.98 Å². The highest BCUT2D eigenvalue weighted by Crippen LogP contribution is 2.19. The zero-order valence-electron chi connectivity index (χ0n) is 9.83. The number of hydrogen-bond donors (Lipinski definition) is 2. The first-order valence-electron chi connectivity index (χ1n) is 5.51. The highest BCUT2D eigenvalue weighted by atomic mass is 79.9. The molecule has 1 aromatic heterocycles. The van der Waals surface area contributed by atoms with Crippen LogP contribution in [-0.4, -0.2) is 16.5 Å². The van der Waals surface area contributed by atoms with Crippen LogP contribution in [0.25, 0.3) is 0 Å². The summed E-state index contributed by atoms with van der Waals surface area (Å²) in [6.45, 7) is 0.470. The predicted molar refractivity (Wildman–Crippen MR) is 72.7 cm³/mol. The molecule has 4 nitrogen and oxygen atoms in total. The maximum absolute atomic E-state index is 13.0. The number of benzene rings is 1. The minimum atomic E-state index is -0.581. The first-order chi connectivity index (χ1) is 9.04. The maximum atomic E-state index is 13.0. The Morgan fingerprint density at radius 1 is 1.21 bits per heavy atom. The average Bonchev–Trinajstić information content (AvgIpc) is 2.32. The highest BCUT2D eigenvalue weighted by Gasteiger charge is 2.04. The van der Waals surface area contributed by atoms with Crippen LogP contribution in [0, 0.1) is 11.6 Å². The van der Waals surface area contributed by atoms with E-state index >= 15 is 0 Å². The van der Waals surface area contributed by atoms with Crippen molar-refractivity contribution < 1.29 is 8.78 Å². The van der Waals surface area contributed by atoms with Crippen LogP contribution in [0.4, 0.5) is 20.5 Å². The van der Waals surface area contributed by atoms with Gasteiger partial charge in [-0.1, -0.05) is 0 Å². The Bertz CT molecular complexity index is 572. The zero-order chi connectivity index (χ0) is 13.8. The van der Waals surface area contributed by atoms with Gasteiger partial charge in [0.2, 0.25) is 5.95 Å². The minimum Gasteiger partial charge on any atom is -0.369 e. The molecule has 0 amide bonds. The summed E-state index contributed by atoms with van der Waals surface area (Å²) in [5, 5.41) is 3.02. The molecule has 2 rings (SSSR count). The Kier molecular flexibility index (Phi) is 4.26. The molecule has 0 spiro atoms. The largest absolute Gasteiger partial charge is 0.369 e. The number of halogens is 3. The number of rotatable bonds is 4. The molecule has 3 N–H and O–H groups in total. The molecule has 0 atom stereocenters. The standard InChI is InChI=1S/C12H11BrF2N4/c13-10-6-18-12(16)19-11(10)17-2-1-7-3-8(14)5-9(15)4-7/h3-6H,1-2H2,(H3,16,17,18,19). The van der Waals surface area contributed by atoms with Crippen molar-refractivity contribution in [3.63, 3.8) is 0 Å². The van der Waals surface area contributed by atoms with E-state index in [1.165, 1.54) is 18.3 Å². The van der Waals surface area contributed by atoms with Gasteiger partial charge in [0, 0.05) is 18.8 Å². The van der Waals surface area contributed by atoms with Crippen LogP contribution in [0.3, 0.4) is 0 Å². The summed E-state index contributed by atoms with van der Waals surface area (Å²) in [4.78, 5) is 7.81. The Hall–Kier alpha value is -1.76. The van der Waals surface area contributed by atoms with E-state index in [-0.39, 0.29) is 5.95 Å². The van der Waals surface area contributed by atoms with E-state index in [0.717, 1.165) is 6.07 Å². The molecule has 0 fully saturated rings. The lowest BCUT2D eigenvalue weighted by Gasteiger charge is -2.08. The molecule has 100 valence electrons. The summed E-state index contributed by atoms with van der Waals surface area (Å²) in [6.07, 6.45) is 2.00. The fourth-order valence-corrected chi connectivity index (χ4v) is 1.92. The third-order valence-electron chi connectivity index (χ3n) is 2.39. The Balaban J connectivity index is 1.98. The lowest BCUT2D eigenvalue weighted by atomic mass is 10.1. The van der Waals surface area contributed by atoms with E-state index < -0.39 is 11.6 Å². The van der Waals surface area contributed by atoms with E-state index in [1.54, 1.807) is 0 Å². The van der Waals surface area contributed by atoms with E-state index in [0.29, 0.717) is 28.8 Å². The van der Waals surface area contributed by atoms with Crippen molar-refractivity contribution in [2.45, 2.75) is 6.42 Å². The topological polar surface area (TPSA) is 63.8 Å². The van der Waals surface area contributed by atoms with E-state index in [4.69, 9.17) is 5.73 Å². The molecule has 0 aliphatic heterocycles. The first kappa shape index (κ1) is 13.7. The van der Waals surface area contributed by atoms with Gasteiger partial charge in [-0.25, -0.2) is 13.8 Å². The summed E-state index contributed by atoms with van der Waals surface area (Å²) in [5.74, 6) is -0.461. The van der Waals surface area contributed by atoms with Gasteiger partial charge in [0.25, 0.3) is 0 Å². The number of nitrogens with two attached hydrogens (primary N) is 1. The Morgan fingerprint density at radius 2 is 1.89 bits per heavy atom. The molecule has 1 aromatic carbocycles. The van der Waals surface area contributed by atoms with Crippen LogP contribution >= 0.6 is 15.9 Å². The number of hydrogen-bond acceptors (Lipinski definition) is 4. The molecular weight excluding hydrogens is 318 g/mol. The van der Waals surface area contributed by atoms with Crippen molar-refractivity contribution in [3.05, 3.63) is 46.1 Å². The minimum absolute atomic E-state index is 0.155. The van der Waals surface area contributed by atoms with Crippen molar-refractivity contribution >= 4 is 27.7 Å². The van der Waals surface area contributed by atoms with Crippen molar-refractivity contribution in [1.82, 2.24) is 9.97 Å². The summed E-state index contributed by atoms with van der Waals surface area (Å²) in [7, 11) is 0. The second kappa shape index (κ2) is 5.92. The fourth-order valence-electron chi connectivity index (χ4n) is 1.59. The van der Waals surface area contributed by atoms with Crippen molar-refractivity contribution in [1.29, 1.82) is 0 Å². The Labute approximate surface area is 117 Å². The molecule has 0 aliphatic carbocycles. The number of nitrogen functional groups attached to an aromatic ring is 1. The van der Waals surface area contributed by atoms with Gasteiger partial charge in [0.05, 0.1) is 4.47 Å². The van der Waals surface area contributed by atoms with Gasteiger partial charge in [-0.05, 0) is 40.0 Å². The second-order valence-electron chi connectivity index (χ2n) is 3.88. The smallest absolute Gasteiger partial charge is 0.221 e. The van der Waals surface area contributed by atoms with Gasteiger partial charge < -0.3 is 11.1 Å². The van der Waals surface area contributed by atoms with Crippen LogP contribution in [-0.2, 0) is 6.42 Å². The highest BCUT2D eigenvalue weighted by molar-refractivity contribution is 9.10. The number of anilines is 2. The molecule has 0 saturated carbocycles. The maximum Gasteiger partial charge on any atom is 0.221 e. The van der Waals surface area contributed by atoms with Gasteiger partial charge in [-0.3, -0.25) is 0 Å². The van der Waals surface area contributed by atoms with Crippen LogP contribution in [0.15, 0.2) is 28.9 Å². The lowest BCUT2D eigenvalue weighted by Crippen LogP contribution is -2.09. The number of nitrogens with one attached hydrogen (secondary N) is 1. The number of aromatic nitrogens is 2. The summed E-state index contributed by atoms with van der Waals surface area (Å²) < 4.78 is 26.7. The van der Waals surface area contributed by atoms with Crippen LogP contribution in [0.1, 0.15) is 5.56 Å². The molecule has 0 aliphatic rings.